The number of thioether (sulfide) groups is 2. The van der Waals surface area contributed by atoms with Crippen LogP contribution in [0.4, 0.5) is 11.4 Å². The van der Waals surface area contributed by atoms with Crippen LogP contribution in [-0.4, -0.2) is 28.9 Å². The summed E-state index contributed by atoms with van der Waals surface area (Å²) < 4.78 is 12.1. The highest BCUT2D eigenvalue weighted by molar-refractivity contribution is 8.03. The molecule has 0 bridgehead atoms. The van der Waals surface area contributed by atoms with Gasteiger partial charge in [0.25, 0.3) is 0 Å². The van der Waals surface area contributed by atoms with Gasteiger partial charge in [-0.1, -0.05) is 41.7 Å². The molecule has 2 aromatic carbocycles. The highest BCUT2D eigenvalue weighted by Gasteiger charge is 2.30. The molecule has 6 rings (SSSR count). The van der Waals surface area contributed by atoms with Crippen molar-refractivity contribution in [2.75, 3.05) is 29.1 Å². The van der Waals surface area contributed by atoms with Crippen molar-refractivity contribution in [3.8, 4) is 0 Å². The predicted molar refractivity (Wildman–Crippen MR) is 166 cm³/mol. The predicted octanol–water partition coefficient (Wildman–Crippen LogP) is 8.45. The number of benzene rings is 2. The van der Waals surface area contributed by atoms with Crippen LogP contribution < -0.4 is 9.80 Å². The van der Waals surface area contributed by atoms with Crippen LogP contribution in [0, 0.1) is 12.8 Å². The highest BCUT2D eigenvalue weighted by atomic mass is 32.2. The fourth-order valence-corrected chi connectivity index (χ4v) is 9.10. The first-order chi connectivity index (χ1) is 18.4. The monoisotopic (exact) mass is 560 g/mol. The molecule has 0 aromatic heterocycles. The van der Waals surface area contributed by atoms with Gasteiger partial charge in [0.2, 0.25) is 0 Å². The van der Waals surface area contributed by atoms with Crippen LogP contribution in [0.2, 0.25) is 0 Å². The van der Waals surface area contributed by atoms with Crippen molar-refractivity contribution >= 4 is 45.7 Å². The van der Waals surface area contributed by atoms with Crippen LogP contribution in [0.5, 0.6) is 0 Å². The van der Waals surface area contributed by atoms with Crippen LogP contribution >= 0.6 is 23.5 Å². The van der Waals surface area contributed by atoms with Gasteiger partial charge in [-0.05, 0) is 117 Å². The van der Waals surface area contributed by atoms with Crippen molar-refractivity contribution < 1.29 is 4.21 Å². The standard InChI is InChI=1S/C32H36N2OS3/c1-5-33-27-15-21(3)7-13-29(27)36-31(33)18-22-8-10-24-11-9-23(17-25(24)16-22)19-32-34(6-2)28-20-26(38(4)35)12-14-30(28)37-32/h7,12-20,24,31H,5-6,8-11H2,1-4H3. The summed E-state index contributed by atoms with van der Waals surface area (Å²) in [5.74, 6) is 0.686. The first-order valence-electron chi connectivity index (χ1n) is 13.7. The van der Waals surface area contributed by atoms with Gasteiger partial charge in [-0.25, -0.2) is 0 Å². The number of aryl methyl sites for hydroxylation is 1. The second kappa shape index (κ2) is 10.8. The van der Waals surface area contributed by atoms with E-state index in [9.17, 15) is 4.21 Å². The largest absolute Gasteiger partial charge is 0.355 e. The Morgan fingerprint density at radius 2 is 1.82 bits per heavy atom. The Hall–Kier alpha value is -2.15. The number of likely N-dealkylation sites (N-methyl/N-ethyl adjacent to an activating group) is 1. The third-order valence-electron chi connectivity index (χ3n) is 8.07. The summed E-state index contributed by atoms with van der Waals surface area (Å²) in [6.07, 6.45) is 16.4. The zero-order valence-corrected chi connectivity index (χ0v) is 25.1. The van der Waals surface area contributed by atoms with Crippen molar-refractivity contribution in [3.63, 3.8) is 0 Å². The van der Waals surface area contributed by atoms with Crippen LogP contribution in [0.15, 0.2) is 97.1 Å². The van der Waals surface area contributed by atoms with Gasteiger partial charge < -0.3 is 9.80 Å². The van der Waals surface area contributed by atoms with Crippen molar-refractivity contribution in [2.45, 2.75) is 66.5 Å². The Labute approximate surface area is 238 Å². The van der Waals surface area contributed by atoms with E-state index in [-0.39, 0.29) is 0 Å². The minimum absolute atomic E-state index is 0.378. The second-order valence-corrected chi connectivity index (χ2v) is 14.2. The SMILES string of the molecule is CCN1C(=CC2=CC3=CC(=CC4Sc5ccc(C)cc5N4CC)CCC3CC2)Sc2ccc(S(C)=O)cc21. The van der Waals surface area contributed by atoms with E-state index in [2.05, 4.69) is 85.2 Å². The van der Waals surface area contributed by atoms with Gasteiger partial charge >= 0.3 is 0 Å². The molecule has 2 heterocycles. The number of fused-ring (bicyclic) bond motifs is 3. The van der Waals surface area contributed by atoms with E-state index in [4.69, 9.17) is 0 Å². The average Bonchev–Trinajstić information content (AvgIpc) is 3.43. The zero-order chi connectivity index (χ0) is 26.4. The second-order valence-electron chi connectivity index (χ2n) is 10.6. The fourth-order valence-electron chi connectivity index (χ4n) is 6.05. The van der Waals surface area contributed by atoms with Gasteiger partial charge in [0, 0.05) is 44.8 Å². The molecule has 2 aliphatic carbocycles. The summed E-state index contributed by atoms with van der Waals surface area (Å²) in [7, 11) is -0.966. The molecular weight excluding hydrogens is 525 g/mol. The molecule has 3 unspecified atom stereocenters. The number of nitrogens with zero attached hydrogens (tertiary/aromatic N) is 2. The van der Waals surface area contributed by atoms with E-state index in [1.54, 1.807) is 6.26 Å². The van der Waals surface area contributed by atoms with E-state index in [0.717, 1.165) is 24.4 Å². The lowest BCUT2D eigenvalue weighted by atomic mass is 9.77. The Bertz CT molecular complexity index is 1420. The molecular formula is C32H36N2OS3. The highest BCUT2D eigenvalue weighted by Crippen LogP contribution is 2.48. The van der Waals surface area contributed by atoms with Gasteiger partial charge in [0.05, 0.1) is 21.8 Å². The molecule has 3 nitrogen and oxygen atoms in total. The van der Waals surface area contributed by atoms with Gasteiger partial charge in [-0.2, -0.15) is 0 Å². The number of hydrogen-bond donors (Lipinski definition) is 0. The molecule has 6 heteroatoms. The van der Waals surface area contributed by atoms with Crippen molar-refractivity contribution in [1.29, 1.82) is 0 Å². The summed E-state index contributed by atoms with van der Waals surface area (Å²) in [6.45, 7) is 8.59. The Kier molecular flexibility index (Phi) is 7.41. The van der Waals surface area contributed by atoms with E-state index >= 15 is 0 Å². The van der Waals surface area contributed by atoms with E-state index < -0.39 is 10.8 Å². The summed E-state index contributed by atoms with van der Waals surface area (Å²) in [4.78, 5) is 8.48. The fraction of sp³-hybridized carbons (Fsp3) is 0.375. The smallest absolute Gasteiger partial charge is 0.0988 e. The molecule has 0 saturated heterocycles. The third kappa shape index (κ3) is 4.96. The molecule has 0 spiro atoms. The van der Waals surface area contributed by atoms with Gasteiger partial charge in [-0.3, -0.25) is 4.21 Å². The lowest BCUT2D eigenvalue weighted by Crippen LogP contribution is -2.27. The van der Waals surface area contributed by atoms with Gasteiger partial charge in [0.15, 0.2) is 0 Å². The Balaban J connectivity index is 1.25. The van der Waals surface area contributed by atoms with E-state index in [1.165, 1.54) is 67.7 Å². The third-order valence-corrected chi connectivity index (χ3v) is 11.3. The van der Waals surface area contributed by atoms with Crippen molar-refractivity contribution in [1.82, 2.24) is 0 Å². The molecule has 2 aromatic rings. The van der Waals surface area contributed by atoms with E-state index in [0.29, 0.717) is 11.3 Å². The van der Waals surface area contributed by atoms with E-state index in [1.807, 2.05) is 29.6 Å². The molecule has 198 valence electrons. The number of rotatable bonds is 5. The normalized spacial score (nSPS) is 25.3. The molecule has 0 radical (unpaired) electrons. The molecule has 38 heavy (non-hydrogen) atoms. The number of allylic oxidation sites excluding steroid dienone is 6. The zero-order valence-electron chi connectivity index (χ0n) is 22.7. The van der Waals surface area contributed by atoms with Crippen molar-refractivity contribution in [3.05, 3.63) is 88.0 Å². The number of hydrogen-bond acceptors (Lipinski definition) is 5. The number of anilines is 2. The maximum absolute atomic E-state index is 12.1. The first kappa shape index (κ1) is 26.1. The minimum atomic E-state index is -0.966. The molecule has 2 aliphatic heterocycles. The lowest BCUT2D eigenvalue weighted by molar-refractivity contribution is 0.501. The maximum Gasteiger partial charge on any atom is 0.0988 e. The average molecular weight is 561 g/mol. The molecule has 4 aliphatic rings. The van der Waals surface area contributed by atoms with Crippen LogP contribution in [0.25, 0.3) is 0 Å². The van der Waals surface area contributed by atoms with Crippen LogP contribution in [0.3, 0.4) is 0 Å². The topological polar surface area (TPSA) is 23.6 Å². The van der Waals surface area contributed by atoms with Crippen molar-refractivity contribution in [2.24, 2.45) is 5.92 Å². The van der Waals surface area contributed by atoms with Crippen LogP contribution in [-0.2, 0) is 10.8 Å². The van der Waals surface area contributed by atoms with Crippen LogP contribution in [0.1, 0.15) is 45.1 Å². The summed E-state index contributed by atoms with van der Waals surface area (Å²) >= 11 is 3.83. The maximum atomic E-state index is 12.1. The molecule has 0 N–H and O–H groups in total. The molecule has 0 fully saturated rings. The Morgan fingerprint density at radius 3 is 2.61 bits per heavy atom. The van der Waals surface area contributed by atoms with Gasteiger partial charge in [0.1, 0.15) is 0 Å². The summed E-state index contributed by atoms with van der Waals surface area (Å²) in [5, 5.41) is 1.66. The minimum Gasteiger partial charge on any atom is -0.355 e. The van der Waals surface area contributed by atoms with Gasteiger partial charge in [-0.15, -0.1) is 0 Å². The Morgan fingerprint density at radius 1 is 1.00 bits per heavy atom. The first-order valence-corrected chi connectivity index (χ1v) is 17.0. The summed E-state index contributed by atoms with van der Waals surface area (Å²) in [5.41, 5.74) is 8.33. The molecule has 3 atom stereocenters. The molecule has 0 amide bonds. The lowest BCUT2D eigenvalue weighted by Gasteiger charge is -2.30. The molecule has 0 saturated carbocycles. The summed E-state index contributed by atoms with van der Waals surface area (Å²) in [6, 6.07) is 13.1. The quantitative estimate of drug-likeness (QED) is 0.365.